The van der Waals surface area contributed by atoms with Gasteiger partial charge >= 0.3 is 0 Å². The highest BCUT2D eigenvalue weighted by molar-refractivity contribution is 7.89. The Morgan fingerprint density at radius 1 is 1.39 bits per heavy atom. The van der Waals surface area contributed by atoms with Crippen LogP contribution in [0, 0.1) is 0 Å². The standard InChI is InChI=1S/C11H15ClN2O3S/c1-17-10-7-13-6-9(10)14-18(15,16)11-5-3-2-4-8(11)12/h2-5,9-10,13-14H,6-7H2,1H3/t9?,10-/m1/s1. The van der Waals surface area contributed by atoms with Crippen molar-refractivity contribution in [3.8, 4) is 0 Å². The summed E-state index contributed by atoms with van der Waals surface area (Å²) in [7, 11) is -2.06. The molecular weight excluding hydrogens is 276 g/mol. The van der Waals surface area contributed by atoms with Crippen LogP contribution < -0.4 is 10.0 Å². The van der Waals surface area contributed by atoms with Crippen LogP contribution in [0.5, 0.6) is 0 Å². The molecule has 1 heterocycles. The van der Waals surface area contributed by atoms with E-state index in [-0.39, 0.29) is 22.1 Å². The van der Waals surface area contributed by atoms with Gasteiger partial charge in [-0.25, -0.2) is 13.1 Å². The lowest BCUT2D eigenvalue weighted by atomic mass is 10.2. The summed E-state index contributed by atoms with van der Waals surface area (Å²) in [5, 5.41) is 3.29. The fourth-order valence-electron chi connectivity index (χ4n) is 1.95. The number of hydrogen-bond donors (Lipinski definition) is 2. The van der Waals surface area contributed by atoms with E-state index in [1.165, 1.54) is 6.07 Å². The first-order chi connectivity index (χ1) is 8.54. The van der Waals surface area contributed by atoms with E-state index in [9.17, 15) is 8.42 Å². The molecule has 2 rings (SSSR count). The Morgan fingerprint density at radius 2 is 2.11 bits per heavy atom. The summed E-state index contributed by atoms with van der Waals surface area (Å²) in [6.45, 7) is 1.17. The summed E-state index contributed by atoms with van der Waals surface area (Å²) < 4.78 is 32.2. The lowest BCUT2D eigenvalue weighted by molar-refractivity contribution is 0.103. The molecule has 1 fully saturated rings. The Balaban J connectivity index is 2.20. The lowest BCUT2D eigenvalue weighted by Crippen LogP contribution is -2.43. The van der Waals surface area contributed by atoms with Gasteiger partial charge in [0.2, 0.25) is 10.0 Å². The Hall–Kier alpha value is -0.660. The van der Waals surface area contributed by atoms with Crippen LogP contribution in [-0.4, -0.2) is 40.8 Å². The fraction of sp³-hybridized carbons (Fsp3) is 0.455. The summed E-state index contributed by atoms with van der Waals surface area (Å²) in [6, 6.07) is 6.08. The van der Waals surface area contributed by atoms with Crippen molar-refractivity contribution in [1.29, 1.82) is 0 Å². The van der Waals surface area contributed by atoms with Gasteiger partial charge < -0.3 is 10.1 Å². The molecule has 0 aliphatic carbocycles. The number of rotatable bonds is 4. The van der Waals surface area contributed by atoms with Gasteiger partial charge in [0.25, 0.3) is 0 Å². The first-order valence-corrected chi connectivity index (χ1v) is 7.41. The van der Waals surface area contributed by atoms with Crippen LogP contribution in [0.4, 0.5) is 0 Å². The molecule has 1 aliphatic heterocycles. The van der Waals surface area contributed by atoms with E-state index in [1.54, 1.807) is 25.3 Å². The zero-order valence-corrected chi connectivity index (χ0v) is 11.5. The molecule has 0 amide bonds. The molecule has 1 unspecified atom stereocenters. The number of methoxy groups -OCH3 is 1. The first kappa shape index (κ1) is 13.8. The minimum absolute atomic E-state index is 0.0911. The highest BCUT2D eigenvalue weighted by Crippen LogP contribution is 2.21. The molecule has 2 N–H and O–H groups in total. The summed E-state index contributed by atoms with van der Waals surface area (Å²) in [5.41, 5.74) is 0. The van der Waals surface area contributed by atoms with E-state index in [1.807, 2.05) is 0 Å². The molecule has 1 saturated heterocycles. The first-order valence-electron chi connectivity index (χ1n) is 5.55. The van der Waals surface area contributed by atoms with Crippen molar-refractivity contribution < 1.29 is 13.2 Å². The Labute approximate surface area is 112 Å². The van der Waals surface area contributed by atoms with Gasteiger partial charge in [-0.05, 0) is 12.1 Å². The second-order valence-electron chi connectivity index (χ2n) is 4.09. The van der Waals surface area contributed by atoms with Crippen molar-refractivity contribution in [2.45, 2.75) is 17.0 Å². The number of nitrogens with one attached hydrogen (secondary N) is 2. The summed E-state index contributed by atoms with van der Waals surface area (Å²) in [6.07, 6.45) is -0.165. The minimum Gasteiger partial charge on any atom is -0.378 e. The normalized spacial score (nSPS) is 24.3. The molecule has 0 spiro atoms. The van der Waals surface area contributed by atoms with E-state index in [4.69, 9.17) is 16.3 Å². The third kappa shape index (κ3) is 2.84. The van der Waals surface area contributed by atoms with Crippen molar-refractivity contribution >= 4 is 21.6 Å². The fourth-order valence-corrected chi connectivity index (χ4v) is 3.73. The van der Waals surface area contributed by atoms with Crippen molar-refractivity contribution in [3.63, 3.8) is 0 Å². The van der Waals surface area contributed by atoms with Crippen molar-refractivity contribution in [1.82, 2.24) is 10.0 Å². The number of ether oxygens (including phenoxy) is 1. The minimum atomic E-state index is -3.62. The number of hydrogen-bond acceptors (Lipinski definition) is 4. The molecule has 0 aromatic heterocycles. The van der Waals surface area contributed by atoms with Crippen LogP contribution in [0.1, 0.15) is 0 Å². The van der Waals surface area contributed by atoms with Crippen LogP contribution in [0.3, 0.4) is 0 Å². The van der Waals surface area contributed by atoms with Gasteiger partial charge in [0.05, 0.1) is 17.2 Å². The molecule has 0 bridgehead atoms. The summed E-state index contributed by atoms with van der Waals surface area (Å²) in [5.74, 6) is 0. The van der Waals surface area contributed by atoms with Crippen LogP contribution in [0.15, 0.2) is 29.2 Å². The van der Waals surface area contributed by atoms with E-state index < -0.39 is 10.0 Å². The molecule has 18 heavy (non-hydrogen) atoms. The van der Waals surface area contributed by atoms with Gasteiger partial charge in [0.1, 0.15) is 4.90 Å². The van der Waals surface area contributed by atoms with Gasteiger partial charge in [0, 0.05) is 20.2 Å². The average molecular weight is 291 g/mol. The quantitative estimate of drug-likeness (QED) is 0.852. The maximum atomic E-state index is 12.2. The van der Waals surface area contributed by atoms with E-state index >= 15 is 0 Å². The summed E-state index contributed by atoms with van der Waals surface area (Å²) >= 11 is 5.90. The van der Waals surface area contributed by atoms with Gasteiger partial charge in [-0.1, -0.05) is 23.7 Å². The zero-order chi connectivity index (χ0) is 13.2. The molecule has 0 saturated carbocycles. The van der Waals surface area contributed by atoms with Gasteiger partial charge in [-0.3, -0.25) is 0 Å². The smallest absolute Gasteiger partial charge is 0.242 e. The number of sulfonamides is 1. The van der Waals surface area contributed by atoms with Crippen LogP contribution in [0.2, 0.25) is 5.02 Å². The lowest BCUT2D eigenvalue weighted by Gasteiger charge is -2.18. The third-order valence-corrected chi connectivity index (χ3v) is 4.88. The van der Waals surface area contributed by atoms with E-state index in [0.717, 1.165) is 0 Å². The highest BCUT2D eigenvalue weighted by atomic mass is 35.5. The number of benzene rings is 1. The molecule has 1 aliphatic rings. The van der Waals surface area contributed by atoms with Gasteiger partial charge in [-0.2, -0.15) is 0 Å². The second kappa shape index (κ2) is 5.54. The second-order valence-corrected chi connectivity index (χ2v) is 6.18. The van der Waals surface area contributed by atoms with E-state index in [0.29, 0.717) is 13.1 Å². The molecule has 1 aromatic rings. The summed E-state index contributed by atoms with van der Waals surface area (Å²) in [4.78, 5) is 0.0911. The molecule has 7 heteroatoms. The van der Waals surface area contributed by atoms with Crippen molar-refractivity contribution in [2.24, 2.45) is 0 Å². The predicted octanol–water partition coefficient (Wildman–Crippen LogP) is 0.605. The van der Waals surface area contributed by atoms with Crippen LogP contribution in [-0.2, 0) is 14.8 Å². The molecule has 2 atom stereocenters. The zero-order valence-electron chi connectivity index (χ0n) is 9.89. The monoisotopic (exact) mass is 290 g/mol. The van der Waals surface area contributed by atoms with Crippen molar-refractivity contribution in [3.05, 3.63) is 29.3 Å². The highest BCUT2D eigenvalue weighted by Gasteiger charge is 2.31. The van der Waals surface area contributed by atoms with Crippen LogP contribution in [0.25, 0.3) is 0 Å². The average Bonchev–Trinajstić information content (AvgIpc) is 2.76. The number of halogens is 1. The molecule has 1 aromatic carbocycles. The van der Waals surface area contributed by atoms with Crippen LogP contribution >= 0.6 is 11.6 Å². The van der Waals surface area contributed by atoms with Gasteiger partial charge in [0.15, 0.2) is 0 Å². The molecule has 0 radical (unpaired) electrons. The SMILES string of the molecule is CO[C@@H]1CNCC1NS(=O)(=O)c1ccccc1Cl. The molecule has 100 valence electrons. The molecular formula is C11H15ClN2O3S. The topological polar surface area (TPSA) is 67.4 Å². The Morgan fingerprint density at radius 3 is 2.78 bits per heavy atom. The van der Waals surface area contributed by atoms with Gasteiger partial charge in [-0.15, -0.1) is 0 Å². The predicted molar refractivity (Wildman–Crippen MR) is 69.2 cm³/mol. The van der Waals surface area contributed by atoms with E-state index in [2.05, 4.69) is 10.0 Å². The van der Waals surface area contributed by atoms with Crippen molar-refractivity contribution in [2.75, 3.05) is 20.2 Å². The third-order valence-electron chi connectivity index (χ3n) is 2.89. The maximum Gasteiger partial charge on any atom is 0.242 e. The Bertz CT molecular complexity index is 521. The Kier molecular flexibility index (Phi) is 4.24. The molecule has 5 nitrogen and oxygen atoms in total. The largest absolute Gasteiger partial charge is 0.378 e. The maximum absolute atomic E-state index is 12.2.